The van der Waals surface area contributed by atoms with E-state index in [-0.39, 0.29) is 0 Å². The molecular weight excluding hydrogens is 226 g/mol. The lowest BCUT2D eigenvalue weighted by Gasteiger charge is -1.99. The Bertz CT molecular complexity index is 304. The van der Waals surface area contributed by atoms with Gasteiger partial charge in [0.05, 0.1) is 10.7 Å². The van der Waals surface area contributed by atoms with Gasteiger partial charge in [0.15, 0.2) is 0 Å². The van der Waals surface area contributed by atoms with E-state index in [1.807, 2.05) is 11.3 Å². The number of aryl methyl sites for hydroxylation is 3. The molecule has 0 aromatic carbocycles. The molecule has 1 nitrogen and oxygen atoms in total. The number of hydrogen-bond acceptors (Lipinski definition) is 2. The summed E-state index contributed by atoms with van der Waals surface area (Å²) in [5.74, 6) is 0. The van der Waals surface area contributed by atoms with Crippen molar-refractivity contribution in [1.29, 1.82) is 0 Å². The molecule has 1 aromatic rings. The predicted molar refractivity (Wildman–Crippen MR) is 77.9 cm³/mol. The third-order valence-electron chi connectivity index (χ3n) is 3.25. The maximum absolute atomic E-state index is 4.65. The molecule has 0 aliphatic heterocycles. The van der Waals surface area contributed by atoms with Crippen molar-refractivity contribution in [2.24, 2.45) is 0 Å². The molecule has 1 rings (SSSR count). The summed E-state index contributed by atoms with van der Waals surface area (Å²) in [6.45, 7) is 6.64. The highest BCUT2D eigenvalue weighted by atomic mass is 32.1. The largest absolute Gasteiger partial charge is 0.246 e. The van der Waals surface area contributed by atoms with Gasteiger partial charge in [-0.2, -0.15) is 0 Å². The molecule has 0 unspecified atom stereocenters. The summed E-state index contributed by atoms with van der Waals surface area (Å²) >= 11 is 1.92. The maximum atomic E-state index is 4.65. The fourth-order valence-corrected chi connectivity index (χ4v) is 3.21. The molecule has 0 fully saturated rings. The normalized spacial score (nSPS) is 11.0. The molecule has 0 aliphatic rings. The molecule has 0 bridgehead atoms. The van der Waals surface area contributed by atoms with Crippen LogP contribution in [0.5, 0.6) is 0 Å². The number of unbranched alkanes of at least 4 members (excludes halogenated alkanes) is 6. The number of rotatable bonds is 9. The molecule has 0 saturated heterocycles. The van der Waals surface area contributed by atoms with Crippen LogP contribution in [0, 0.1) is 6.92 Å². The molecule has 1 heterocycles. The van der Waals surface area contributed by atoms with Crippen LogP contribution in [0.1, 0.15) is 74.4 Å². The van der Waals surface area contributed by atoms with E-state index in [4.69, 9.17) is 0 Å². The van der Waals surface area contributed by atoms with Crippen LogP contribution < -0.4 is 0 Å². The Morgan fingerprint density at radius 2 is 1.59 bits per heavy atom. The van der Waals surface area contributed by atoms with E-state index in [0.717, 1.165) is 6.42 Å². The second-order valence-electron chi connectivity index (χ2n) is 4.84. The van der Waals surface area contributed by atoms with Crippen LogP contribution in [-0.4, -0.2) is 4.98 Å². The van der Waals surface area contributed by atoms with Gasteiger partial charge < -0.3 is 0 Å². The maximum Gasteiger partial charge on any atom is 0.0930 e. The van der Waals surface area contributed by atoms with Gasteiger partial charge in [-0.3, -0.25) is 0 Å². The summed E-state index contributed by atoms with van der Waals surface area (Å²) in [6.07, 6.45) is 12.0. The van der Waals surface area contributed by atoms with Crippen molar-refractivity contribution in [3.63, 3.8) is 0 Å². The first-order valence-electron chi connectivity index (χ1n) is 7.23. The van der Waals surface area contributed by atoms with Gasteiger partial charge in [0.1, 0.15) is 0 Å². The van der Waals surface area contributed by atoms with Crippen molar-refractivity contribution in [2.45, 2.75) is 78.6 Å². The Kier molecular flexibility index (Phi) is 7.50. The lowest BCUT2D eigenvalue weighted by atomic mass is 10.1. The molecule has 0 radical (unpaired) electrons. The zero-order chi connectivity index (χ0) is 12.5. The van der Waals surface area contributed by atoms with Crippen molar-refractivity contribution < 1.29 is 0 Å². The van der Waals surface area contributed by atoms with Gasteiger partial charge in [-0.1, -0.05) is 52.4 Å². The van der Waals surface area contributed by atoms with Crippen molar-refractivity contribution in [2.75, 3.05) is 0 Å². The van der Waals surface area contributed by atoms with Gasteiger partial charge in [0, 0.05) is 4.88 Å². The van der Waals surface area contributed by atoms with E-state index in [9.17, 15) is 0 Å². The molecule has 1 aromatic heterocycles. The quantitative estimate of drug-likeness (QED) is 0.544. The Balaban J connectivity index is 2.09. The van der Waals surface area contributed by atoms with Gasteiger partial charge >= 0.3 is 0 Å². The molecule has 0 spiro atoms. The van der Waals surface area contributed by atoms with E-state index in [1.54, 1.807) is 0 Å². The predicted octanol–water partition coefficient (Wildman–Crippen LogP) is 5.31. The molecule has 0 N–H and O–H groups in total. The average Bonchev–Trinajstić information content (AvgIpc) is 2.68. The van der Waals surface area contributed by atoms with Crippen LogP contribution in [0.25, 0.3) is 0 Å². The highest BCUT2D eigenvalue weighted by molar-refractivity contribution is 7.11. The first-order chi connectivity index (χ1) is 8.27. The van der Waals surface area contributed by atoms with Gasteiger partial charge in [0.2, 0.25) is 0 Å². The second kappa shape index (κ2) is 8.68. The minimum Gasteiger partial charge on any atom is -0.246 e. The summed E-state index contributed by atoms with van der Waals surface area (Å²) < 4.78 is 0. The molecule has 17 heavy (non-hydrogen) atoms. The topological polar surface area (TPSA) is 12.9 Å². The monoisotopic (exact) mass is 253 g/mol. The molecule has 98 valence electrons. The number of thiazole rings is 1. The molecule has 0 aliphatic carbocycles. The summed E-state index contributed by atoms with van der Waals surface area (Å²) in [4.78, 5) is 6.12. The van der Waals surface area contributed by atoms with E-state index >= 15 is 0 Å². The van der Waals surface area contributed by atoms with Crippen LogP contribution in [-0.2, 0) is 12.8 Å². The zero-order valence-corrected chi connectivity index (χ0v) is 12.5. The van der Waals surface area contributed by atoms with Crippen LogP contribution in [0.4, 0.5) is 0 Å². The Morgan fingerprint density at radius 3 is 2.18 bits per heavy atom. The van der Waals surface area contributed by atoms with E-state index in [1.165, 1.54) is 66.9 Å². The van der Waals surface area contributed by atoms with E-state index in [2.05, 4.69) is 25.8 Å². The number of nitrogens with zero attached hydrogens (tertiary/aromatic N) is 1. The van der Waals surface area contributed by atoms with Crippen molar-refractivity contribution in [3.05, 3.63) is 15.6 Å². The van der Waals surface area contributed by atoms with Gasteiger partial charge in [-0.15, -0.1) is 11.3 Å². The lowest BCUT2D eigenvalue weighted by molar-refractivity contribution is 0.589. The smallest absolute Gasteiger partial charge is 0.0930 e. The van der Waals surface area contributed by atoms with Crippen LogP contribution in [0.2, 0.25) is 0 Å². The SMILES string of the molecule is CCCCCCCCCc1nc(C)c(CC)s1. The average molecular weight is 253 g/mol. The Hall–Kier alpha value is -0.370. The Morgan fingerprint density at radius 1 is 0.941 bits per heavy atom. The minimum atomic E-state index is 1.14. The van der Waals surface area contributed by atoms with Gasteiger partial charge in [-0.25, -0.2) is 4.98 Å². The lowest BCUT2D eigenvalue weighted by Crippen LogP contribution is -1.86. The first-order valence-corrected chi connectivity index (χ1v) is 8.04. The van der Waals surface area contributed by atoms with Crippen LogP contribution in [0.3, 0.4) is 0 Å². The fourth-order valence-electron chi connectivity index (χ4n) is 2.16. The van der Waals surface area contributed by atoms with E-state index in [0.29, 0.717) is 0 Å². The summed E-state index contributed by atoms with van der Waals surface area (Å²) in [6, 6.07) is 0. The first kappa shape index (κ1) is 14.7. The molecule has 0 saturated carbocycles. The Labute approximate surface area is 111 Å². The minimum absolute atomic E-state index is 1.14. The molecule has 0 atom stereocenters. The van der Waals surface area contributed by atoms with Gasteiger partial charge in [-0.05, 0) is 26.2 Å². The zero-order valence-electron chi connectivity index (χ0n) is 11.7. The van der Waals surface area contributed by atoms with Crippen molar-refractivity contribution in [1.82, 2.24) is 4.98 Å². The molecule has 2 heteroatoms. The fraction of sp³-hybridized carbons (Fsp3) is 0.800. The van der Waals surface area contributed by atoms with Crippen molar-refractivity contribution in [3.8, 4) is 0 Å². The van der Waals surface area contributed by atoms with Crippen LogP contribution in [0.15, 0.2) is 0 Å². The third kappa shape index (κ3) is 5.67. The molecular formula is C15H27NS. The summed E-state index contributed by atoms with van der Waals surface area (Å²) in [5, 5.41) is 1.35. The highest BCUT2D eigenvalue weighted by Gasteiger charge is 2.05. The standard InChI is InChI=1S/C15H27NS/c1-4-6-7-8-9-10-11-12-15-16-13(3)14(5-2)17-15/h4-12H2,1-3H3. The van der Waals surface area contributed by atoms with Crippen LogP contribution >= 0.6 is 11.3 Å². The summed E-state index contributed by atoms with van der Waals surface area (Å²) in [7, 11) is 0. The third-order valence-corrected chi connectivity index (χ3v) is 4.61. The van der Waals surface area contributed by atoms with E-state index < -0.39 is 0 Å². The highest BCUT2D eigenvalue weighted by Crippen LogP contribution is 2.20. The number of hydrogen-bond donors (Lipinski definition) is 0. The van der Waals surface area contributed by atoms with Crippen molar-refractivity contribution >= 4 is 11.3 Å². The summed E-state index contributed by atoms with van der Waals surface area (Å²) in [5.41, 5.74) is 1.26. The van der Waals surface area contributed by atoms with Gasteiger partial charge in [0.25, 0.3) is 0 Å². The number of aromatic nitrogens is 1. The second-order valence-corrected chi connectivity index (χ2v) is 6.01. The molecule has 0 amide bonds.